The first-order chi connectivity index (χ1) is 9.86. The third-order valence-electron chi connectivity index (χ3n) is 7.39. The van der Waals surface area contributed by atoms with Crippen LogP contribution in [0.15, 0.2) is 11.1 Å². The Morgan fingerprint density at radius 3 is 2.10 bits per heavy atom. The highest BCUT2D eigenvalue weighted by atomic mass is 32.2. The third-order valence-corrected chi connectivity index (χ3v) is 9.27. The van der Waals surface area contributed by atoms with Crippen LogP contribution in [0.5, 0.6) is 0 Å². The first kappa shape index (κ1) is 12.6. The summed E-state index contributed by atoms with van der Waals surface area (Å²) in [5.41, 5.74) is 3.96. The highest BCUT2D eigenvalue weighted by Gasteiger charge is 2.60. The van der Waals surface area contributed by atoms with Gasteiger partial charge >= 0.3 is 0 Å². The fourth-order valence-corrected chi connectivity index (χ4v) is 8.87. The van der Waals surface area contributed by atoms with Crippen molar-refractivity contribution in [3.05, 3.63) is 11.1 Å². The number of rotatable bonds is 0. The zero-order chi connectivity index (χ0) is 13.2. The van der Waals surface area contributed by atoms with Gasteiger partial charge in [0.25, 0.3) is 0 Å². The van der Waals surface area contributed by atoms with Crippen LogP contribution >= 0.6 is 11.8 Å². The fraction of sp³-hybridized carbons (Fsp3) is 0.895. The van der Waals surface area contributed by atoms with Gasteiger partial charge in [-0.05, 0) is 81.5 Å². The van der Waals surface area contributed by atoms with E-state index >= 15 is 0 Å². The van der Waals surface area contributed by atoms with Crippen molar-refractivity contribution < 1.29 is 0 Å². The molecule has 6 rings (SSSR count). The van der Waals surface area contributed by atoms with Gasteiger partial charge in [0.1, 0.15) is 0 Å². The molecule has 0 amide bonds. The second kappa shape index (κ2) is 4.54. The van der Waals surface area contributed by atoms with Gasteiger partial charge in [0, 0.05) is 10.5 Å². The van der Waals surface area contributed by atoms with E-state index in [0.717, 1.165) is 23.7 Å². The smallest absolute Gasteiger partial charge is 0.0430 e. The maximum absolute atomic E-state index is 2.43. The Labute approximate surface area is 128 Å². The first-order valence-electron chi connectivity index (χ1n) is 9.21. The van der Waals surface area contributed by atoms with Crippen LogP contribution in [0.2, 0.25) is 0 Å². The molecule has 20 heavy (non-hydrogen) atoms. The molecule has 0 aromatic rings. The summed E-state index contributed by atoms with van der Waals surface area (Å²) in [7, 11) is 0. The van der Waals surface area contributed by atoms with Gasteiger partial charge in [0.05, 0.1) is 0 Å². The molecule has 0 aromatic heterocycles. The van der Waals surface area contributed by atoms with E-state index in [0.29, 0.717) is 4.75 Å². The summed E-state index contributed by atoms with van der Waals surface area (Å²) in [5.74, 6) is 5.83. The van der Waals surface area contributed by atoms with Gasteiger partial charge in [-0.2, -0.15) is 0 Å². The third kappa shape index (κ3) is 1.62. The Bertz CT molecular complexity index is 419. The van der Waals surface area contributed by atoms with E-state index < -0.39 is 0 Å². The number of thioether (sulfide) groups is 1. The average molecular weight is 289 g/mol. The van der Waals surface area contributed by atoms with Gasteiger partial charge in [-0.15, -0.1) is 11.8 Å². The van der Waals surface area contributed by atoms with Gasteiger partial charge in [0.2, 0.25) is 0 Å². The number of hydrogen-bond acceptors (Lipinski definition) is 1. The van der Waals surface area contributed by atoms with Crippen LogP contribution in [-0.4, -0.2) is 10.5 Å². The molecule has 0 saturated heterocycles. The molecule has 4 bridgehead atoms. The summed E-state index contributed by atoms with van der Waals surface area (Å²) >= 11 is 2.43. The van der Waals surface area contributed by atoms with Crippen LogP contribution in [0, 0.1) is 23.7 Å². The summed E-state index contributed by atoms with van der Waals surface area (Å²) in [4.78, 5) is 0. The number of hydrogen-bond donors (Lipinski definition) is 0. The minimum absolute atomic E-state index is 0.667. The van der Waals surface area contributed by atoms with Crippen LogP contribution in [0.1, 0.15) is 70.6 Å². The van der Waals surface area contributed by atoms with Crippen molar-refractivity contribution in [2.24, 2.45) is 23.7 Å². The zero-order valence-electron chi connectivity index (χ0n) is 12.7. The molecule has 4 fully saturated rings. The van der Waals surface area contributed by atoms with Crippen LogP contribution in [0.3, 0.4) is 0 Å². The topological polar surface area (TPSA) is 0 Å². The van der Waals surface area contributed by atoms with Gasteiger partial charge < -0.3 is 0 Å². The molecule has 1 heterocycles. The maximum Gasteiger partial charge on any atom is 0.0430 e. The molecule has 5 aliphatic carbocycles. The lowest BCUT2D eigenvalue weighted by atomic mass is 9.49. The molecule has 4 saturated carbocycles. The summed E-state index contributed by atoms with van der Waals surface area (Å²) < 4.78 is 0.667. The predicted molar refractivity (Wildman–Crippen MR) is 87.0 cm³/mol. The van der Waals surface area contributed by atoms with Crippen molar-refractivity contribution in [2.75, 3.05) is 5.75 Å². The highest BCUT2D eigenvalue weighted by molar-refractivity contribution is 8.01. The molecule has 0 unspecified atom stereocenters. The SMILES string of the molecule is C1CCCC2=C(CC1)CSC21C2CC3CC(C2)CC1C3. The van der Waals surface area contributed by atoms with E-state index in [-0.39, 0.29) is 0 Å². The van der Waals surface area contributed by atoms with Gasteiger partial charge in [-0.1, -0.05) is 24.0 Å². The maximum atomic E-state index is 2.43. The monoisotopic (exact) mass is 288 g/mol. The first-order valence-corrected chi connectivity index (χ1v) is 10.2. The Morgan fingerprint density at radius 2 is 1.40 bits per heavy atom. The molecule has 0 nitrogen and oxygen atoms in total. The molecule has 6 aliphatic rings. The predicted octanol–water partition coefficient (Wildman–Crippen LogP) is 5.58. The molecular weight excluding hydrogens is 260 g/mol. The summed E-state index contributed by atoms with van der Waals surface area (Å²) in [6.45, 7) is 0. The van der Waals surface area contributed by atoms with E-state index in [9.17, 15) is 0 Å². The van der Waals surface area contributed by atoms with E-state index in [1.165, 1.54) is 44.3 Å². The minimum atomic E-state index is 0.667. The Morgan fingerprint density at radius 1 is 0.750 bits per heavy atom. The standard InChI is InChI=1S/C19H28S/c1-2-4-6-18-15(5-3-1)12-20-19(18)16-8-13-7-14(10-16)11-17(19)9-13/h13-14,16-17H,1-12H2. The zero-order valence-corrected chi connectivity index (χ0v) is 13.5. The lowest BCUT2D eigenvalue weighted by Crippen LogP contribution is -2.55. The summed E-state index contributed by atoms with van der Waals surface area (Å²) in [6.07, 6.45) is 16.9. The van der Waals surface area contributed by atoms with Crippen molar-refractivity contribution in [1.29, 1.82) is 0 Å². The van der Waals surface area contributed by atoms with E-state index in [1.54, 1.807) is 32.1 Å². The largest absolute Gasteiger partial charge is 0.146 e. The molecule has 0 aromatic carbocycles. The van der Waals surface area contributed by atoms with Crippen LogP contribution < -0.4 is 0 Å². The van der Waals surface area contributed by atoms with E-state index in [4.69, 9.17) is 0 Å². The van der Waals surface area contributed by atoms with Crippen molar-refractivity contribution in [3.8, 4) is 0 Å². The van der Waals surface area contributed by atoms with Gasteiger partial charge in [-0.3, -0.25) is 0 Å². The van der Waals surface area contributed by atoms with Crippen molar-refractivity contribution >= 4 is 11.8 Å². The van der Waals surface area contributed by atoms with Gasteiger partial charge in [-0.25, -0.2) is 0 Å². The minimum Gasteiger partial charge on any atom is -0.146 e. The second-order valence-corrected chi connectivity index (χ2v) is 9.64. The molecule has 1 aliphatic heterocycles. The normalized spacial score (nSPS) is 50.4. The molecule has 1 spiro atoms. The van der Waals surface area contributed by atoms with Crippen molar-refractivity contribution in [3.63, 3.8) is 0 Å². The second-order valence-electron chi connectivity index (χ2n) is 8.38. The van der Waals surface area contributed by atoms with Crippen LogP contribution in [-0.2, 0) is 0 Å². The highest BCUT2D eigenvalue weighted by Crippen LogP contribution is 2.68. The molecule has 0 radical (unpaired) electrons. The lowest BCUT2D eigenvalue weighted by Gasteiger charge is -2.61. The Balaban J connectivity index is 1.56. The summed E-state index contributed by atoms with van der Waals surface area (Å²) in [6, 6.07) is 0. The summed E-state index contributed by atoms with van der Waals surface area (Å²) in [5, 5.41) is 0. The van der Waals surface area contributed by atoms with Crippen LogP contribution in [0.4, 0.5) is 0 Å². The van der Waals surface area contributed by atoms with E-state index in [1.807, 2.05) is 11.1 Å². The van der Waals surface area contributed by atoms with Gasteiger partial charge in [0.15, 0.2) is 0 Å². The Kier molecular flexibility index (Phi) is 2.86. The van der Waals surface area contributed by atoms with Crippen molar-refractivity contribution in [2.45, 2.75) is 75.4 Å². The van der Waals surface area contributed by atoms with Crippen molar-refractivity contribution in [1.82, 2.24) is 0 Å². The molecule has 110 valence electrons. The molecule has 1 heteroatoms. The lowest BCUT2D eigenvalue weighted by molar-refractivity contribution is -0.00386. The molecular formula is C19H28S. The molecule has 0 atom stereocenters. The van der Waals surface area contributed by atoms with E-state index in [2.05, 4.69) is 11.8 Å². The van der Waals surface area contributed by atoms with Crippen LogP contribution in [0.25, 0.3) is 0 Å². The fourth-order valence-electron chi connectivity index (χ4n) is 6.86. The Hall–Kier alpha value is 0.0900. The average Bonchev–Trinajstić information content (AvgIpc) is 2.74. The quantitative estimate of drug-likeness (QED) is 0.524. The molecule has 0 N–H and O–H groups in total.